The standard InChI is InChI=1S/C15H18ClN3O2/c1-10(2)19-9-11(8-17-19)14(15(20)21-3)18-13-6-4-12(16)5-7-13/h4-10,14,18H,1-3H3. The summed E-state index contributed by atoms with van der Waals surface area (Å²) in [5.41, 5.74) is 1.54. The minimum atomic E-state index is -0.608. The predicted octanol–water partition coefficient (Wildman–Crippen LogP) is 3.44. The Morgan fingerprint density at radius 2 is 2.00 bits per heavy atom. The monoisotopic (exact) mass is 307 g/mol. The summed E-state index contributed by atoms with van der Waals surface area (Å²) in [5, 5.41) is 8.04. The van der Waals surface area contributed by atoms with E-state index in [-0.39, 0.29) is 12.0 Å². The van der Waals surface area contributed by atoms with Crippen LogP contribution >= 0.6 is 11.6 Å². The summed E-state index contributed by atoms with van der Waals surface area (Å²) in [7, 11) is 1.37. The van der Waals surface area contributed by atoms with Gasteiger partial charge in [-0.3, -0.25) is 4.68 Å². The van der Waals surface area contributed by atoms with Crippen molar-refractivity contribution in [1.82, 2.24) is 9.78 Å². The van der Waals surface area contributed by atoms with Crippen molar-refractivity contribution in [3.8, 4) is 0 Å². The maximum atomic E-state index is 12.0. The lowest BCUT2D eigenvalue weighted by atomic mass is 10.1. The number of esters is 1. The Labute approximate surface area is 128 Å². The summed E-state index contributed by atoms with van der Waals surface area (Å²) >= 11 is 5.86. The van der Waals surface area contributed by atoms with Gasteiger partial charge in [0.2, 0.25) is 0 Å². The van der Waals surface area contributed by atoms with Crippen molar-refractivity contribution in [1.29, 1.82) is 0 Å². The smallest absolute Gasteiger partial charge is 0.333 e. The van der Waals surface area contributed by atoms with Gasteiger partial charge in [0.1, 0.15) is 0 Å². The second kappa shape index (κ2) is 6.63. The van der Waals surface area contributed by atoms with Gasteiger partial charge in [0.15, 0.2) is 6.04 Å². The van der Waals surface area contributed by atoms with E-state index in [0.717, 1.165) is 11.3 Å². The fourth-order valence-electron chi connectivity index (χ4n) is 1.89. The summed E-state index contributed by atoms with van der Waals surface area (Å²) in [5.74, 6) is -0.367. The fourth-order valence-corrected chi connectivity index (χ4v) is 2.02. The molecule has 112 valence electrons. The number of ether oxygens (including phenoxy) is 1. The summed E-state index contributed by atoms with van der Waals surface area (Å²) in [6.45, 7) is 4.05. The number of halogens is 1. The van der Waals surface area contributed by atoms with Crippen molar-refractivity contribution < 1.29 is 9.53 Å². The molecule has 0 saturated carbocycles. The molecule has 21 heavy (non-hydrogen) atoms. The molecule has 1 N–H and O–H groups in total. The second-order valence-corrected chi connectivity index (χ2v) is 5.39. The topological polar surface area (TPSA) is 56.1 Å². The van der Waals surface area contributed by atoms with Crippen LogP contribution in [0.1, 0.15) is 31.5 Å². The Morgan fingerprint density at radius 3 is 2.52 bits per heavy atom. The first-order valence-electron chi connectivity index (χ1n) is 6.65. The number of carbonyl (C=O) groups excluding carboxylic acids is 1. The van der Waals surface area contributed by atoms with Crippen LogP contribution in [0.15, 0.2) is 36.7 Å². The molecule has 2 aromatic rings. The SMILES string of the molecule is COC(=O)C(Nc1ccc(Cl)cc1)c1cnn(C(C)C)c1. The van der Waals surface area contributed by atoms with Gasteiger partial charge in [-0.25, -0.2) is 4.79 Å². The summed E-state index contributed by atoms with van der Waals surface area (Å²) < 4.78 is 6.67. The largest absolute Gasteiger partial charge is 0.467 e. The van der Waals surface area contributed by atoms with E-state index < -0.39 is 6.04 Å². The quantitative estimate of drug-likeness (QED) is 0.860. The van der Waals surface area contributed by atoms with Crippen LogP contribution in [0.5, 0.6) is 0 Å². The second-order valence-electron chi connectivity index (χ2n) is 4.95. The van der Waals surface area contributed by atoms with Crippen LogP contribution in [0.3, 0.4) is 0 Å². The van der Waals surface area contributed by atoms with Crippen molar-refractivity contribution >= 4 is 23.3 Å². The highest BCUT2D eigenvalue weighted by atomic mass is 35.5. The molecule has 1 atom stereocenters. The van der Waals surface area contributed by atoms with E-state index in [2.05, 4.69) is 10.4 Å². The molecule has 5 nitrogen and oxygen atoms in total. The summed E-state index contributed by atoms with van der Waals surface area (Å²) in [6.07, 6.45) is 3.51. The Morgan fingerprint density at radius 1 is 1.33 bits per heavy atom. The number of rotatable bonds is 5. The number of anilines is 1. The van der Waals surface area contributed by atoms with Crippen molar-refractivity contribution in [3.63, 3.8) is 0 Å². The first kappa shape index (κ1) is 15.4. The van der Waals surface area contributed by atoms with E-state index in [9.17, 15) is 4.79 Å². The average molecular weight is 308 g/mol. The van der Waals surface area contributed by atoms with Gasteiger partial charge < -0.3 is 10.1 Å². The molecule has 0 aliphatic rings. The van der Waals surface area contributed by atoms with Gasteiger partial charge in [-0.15, -0.1) is 0 Å². The van der Waals surface area contributed by atoms with Gasteiger partial charge in [0.25, 0.3) is 0 Å². The van der Waals surface area contributed by atoms with Crippen molar-refractivity contribution in [2.45, 2.75) is 25.9 Å². The van der Waals surface area contributed by atoms with Crippen LogP contribution in [-0.4, -0.2) is 22.9 Å². The number of methoxy groups -OCH3 is 1. The highest BCUT2D eigenvalue weighted by molar-refractivity contribution is 6.30. The number of hydrogen-bond donors (Lipinski definition) is 1. The van der Waals surface area contributed by atoms with E-state index in [1.807, 2.05) is 32.2 Å². The lowest BCUT2D eigenvalue weighted by Gasteiger charge is -2.16. The van der Waals surface area contributed by atoms with Gasteiger partial charge in [0.05, 0.1) is 13.3 Å². The van der Waals surface area contributed by atoms with Crippen LogP contribution in [0.25, 0.3) is 0 Å². The zero-order chi connectivity index (χ0) is 15.4. The molecule has 0 amide bonds. The Kier molecular flexibility index (Phi) is 4.85. The maximum absolute atomic E-state index is 12.0. The molecule has 0 spiro atoms. The third-order valence-electron chi connectivity index (χ3n) is 3.08. The van der Waals surface area contributed by atoms with Crippen molar-refractivity contribution in [3.05, 3.63) is 47.2 Å². The number of hydrogen-bond acceptors (Lipinski definition) is 4. The van der Waals surface area contributed by atoms with Crippen LogP contribution < -0.4 is 5.32 Å². The van der Waals surface area contributed by atoms with E-state index >= 15 is 0 Å². The molecule has 0 radical (unpaired) electrons. The Balaban J connectivity index is 2.25. The first-order valence-corrected chi connectivity index (χ1v) is 7.03. The molecule has 2 rings (SSSR count). The molecule has 1 heterocycles. The third-order valence-corrected chi connectivity index (χ3v) is 3.33. The minimum absolute atomic E-state index is 0.229. The zero-order valence-electron chi connectivity index (χ0n) is 12.2. The molecule has 6 heteroatoms. The normalized spacial score (nSPS) is 12.2. The van der Waals surface area contributed by atoms with Crippen LogP contribution in [0.4, 0.5) is 5.69 Å². The van der Waals surface area contributed by atoms with Gasteiger partial charge in [-0.05, 0) is 38.1 Å². The molecule has 0 aliphatic heterocycles. The third kappa shape index (κ3) is 3.76. The molecule has 0 fully saturated rings. The molecule has 0 aliphatic carbocycles. The fraction of sp³-hybridized carbons (Fsp3) is 0.333. The molecular weight excluding hydrogens is 290 g/mol. The van der Waals surface area contributed by atoms with Gasteiger partial charge >= 0.3 is 5.97 Å². The highest BCUT2D eigenvalue weighted by Gasteiger charge is 2.23. The summed E-state index contributed by atoms with van der Waals surface area (Å²) in [6, 6.07) is 6.76. The molecule has 1 aromatic heterocycles. The number of aromatic nitrogens is 2. The lowest BCUT2D eigenvalue weighted by Crippen LogP contribution is -2.22. The Bertz CT molecular complexity index is 608. The molecule has 0 bridgehead atoms. The van der Waals surface area contributed by atoms with Gasteiger partial charge in [-0.1, -0.05) is 11.6 Å². The summed E-state index contributed by atoms with van der Waals surface area (Å²) in [4.78, 5) is 12.0. The lowest BCUT2D eigenvalue weighted by molar-refractivity contribution is -0.141. The number of benzene rings is 1. The maximum Gasteiger partial charge on any atom is 0.333 e. The Hall–Kier alpha value is -2.01. The van der Waals surface area contributed by atoms with Crippen molar-refractivity contribution in [2.24, 2.45) is 0 Å². The van der Waals surface area contributed by atoms with E-state index in [0.29, 0.717) is 5.02 Å². The van der Waals surface area contributed by atoms with E-state index in [4.69, 9.17) is 16.3 Å². The highest BCUT2D eigenvalue weighted by Crippen LogP contribution is 2.22. The number of nitrogens with one attached hydrogen (secondary N) is 1. The van der Waals surface area contributed by atoms with Crippen LogP contribution in [0.2, 0.25) is 5.02 Å². The van der Waals surface area contributed by atoms with Gasteiger partial charge in [-0.2, -0.15) is 5.10 Å². The minimum Gasteiger partial charge on any atom is -0.467 e. The zero-order valence-corrected chi connectivity index (χ0v) is 13.0. The predicted molar refractivity (Wildman–Crippen MR) is 82.4 cm³/mol. The van der Waals surface area contributed by atoms with E-state index in [1.165, 1.54) is 7.11 Å². The number of carbonyl (C=O) groups is 1. The van der Waals surface area contributed by atoms with Crippen LogP contribution in [-0.2, 0) is 9.53 Å². The van der Waals surface area contributed by atoms with Crippen molar-refractivity contribution in [2.75, 3.05) is 12.4 Å². The molecule has 1 aromatic carbocycles. The first-order chi connectivity index (χ1) is 10.0. The average Bonchev–Trinajstić information content (AvgIpc) is 2.95. The van der Waals surface area contributed by atoms with Gasteiger partial charge in [0, 0.05) is 28.5 Å². The molecular formula is C15H18ClN3O2. The molecule has 0 saturated heterocycles. The van der Waals surface area contributed by atoms with Crippen LogP contribution in [0, 0.1) is 0 Å². The molecule has 1 unspecified atom stereocenters. The number of nitrogens with zero attached hydrogens (tertiary/aromatic N) is 2. The van der Waals surface area contributed by atoms with E-state index in [1.54, 1.807) is 23.0 Å².